The molecule has 18 atom stereocenters. The maximum atomic E-state index is 11.7. The minimum absolute atomic E-state index is 0.0104. The third kappa shape index (κ3) is 13.3. The summed E-state index contributed by atoms with van der Waals surface area (Å²) in [6.45, 7) is 3.32. The molecule has 4 heterocycles. The van der Waals surface area contributed by atoms with E-state index < -0.39 is 142 Å². The van der Waals surface area contributed by atoms with Crippen molar-refractivity contribution in [1.29, 1.82) is 0 Å². The Balaban J connectivity index is 1.19. The first-order valence-corrected chi connectivity index (χ1v) is 20.8. The van der Waals surface area contributed by atoms with Gasteiger partial charge in [0.1, 0.15) is 85.3 Å². The molecule has 0 aromatic carbocycles. The monoisotopic (exact) mass is 854 g/mol. The zero-order valence-corrected chi connectivity index (χ0v) is 33.5. The van der Waals surface area contributed by atoms with Crippen molar-refractivity contribution < 1.29 is 98.9 Å². The molecule has 4 saturated heterocycles. The number of unbranched alkanes of at least 4 members (excludes halogenated alkanes) is 10. The van der Waals surface area contributed by atoms with Crippen molar-refractivity contribution in [1.82, 2.24) is 0 Å². The van der Waals surface area contributed by atoms with Crippen molar-refractivity contribution >= 4 is 11.9 Å². The smallest absolute Gasteiger partial charge is 0.334 e. The summed E-state index contributed by atoms with van der Waals surface area (Å²) in [6, 6.07) is 0. The summed E-state index contributed by atoms with van der Waals surface area (Å²) >= 11 is 0. The van der Waals surface area contributed by atoms with Crippen LogP contribution in [0.2, 0.25) is 0 Å². The highest BCUT2D eigenvalue weighted by Gasteiger charge is 2.52. The zero-order valence-electron chi connectivity index (χ0n) is 33.5. The number of carboxylic acid groups (broad SMARTS) is 1. The molecule has 0 spiro atoms. The van der Waals surface area contributed by atoms with Crippen LogP contribution >= 0.6 is 0 Å². The van der Waals surface area contributed by atoms with E-state index in [4.69, 9.17) is 33.2 Å². The number of aliphatic hydroxyl groups excluding tert-OH is 10. The second-order valence-corrected chi connectivity index (χ2v) is 16.1. The van der Waals surface area contributed by atoms with Crippen molar-refractivity contribution in [2.75, 3.05) is 19.8 Å². The fourth-order valence-corrected chi connectivity index (χ4v) is 7.87. The van der Waals surface area contributed by atoms with Crippen LogP contribution in [-0.4, -0.2) is 192 Å². The number of ether oxygens (including phenoxy) is 7. The fraction of sp³-hybridized carbons (Fsp3) is 0.897. The molecule has 0 amide bonds. The standard InChI is InChI=1S/C39H66O20/c1-19(14-12-10-8-6-4-3-5-7-9-11-13-15-21-25(35(50)51)20(2)36(52)55-21)54-39-33(49)34(59-38-32(48)30(46)27(43)23(17-41)57-38)28(44)24(58-39)18-53-37-31(47)29(45)26(42)22(16-40)56-37/h19,21-34,37-49H,2-18H2,1H3,(H,50,51). The van der Waals surface area contributed by atoms with Crippen LogP contribution in [0, 0.1) is 5.92 Å². The lowest BCUT2D eigenvalue weighted by Gasteiger charge is -2.47. The second-order valence-electron chi connectivity index (χ2n) is 16.1. The molecule has 4 rings (SSSR count). The normalized spacial score (nSPS) is 39.6. The van der Waals surface area contributed by atoms with Gasteiger partial charge in [0, 0.05) is 5.57 Å². The van der Waals surface area contributed by atoms with E-state index in [1.54, 1.807) is 6.92 Å². The number of aliphatic carboxylic acids is 1. The van der Waals surface area contributed by atoms with E-state index in [2.05, 4.69) is 6.58 Å². The third-order valence-corrected chi connectivity index (χ3v) is 11.6. The number of hydrogen-bond donors (Lipinski definition) is 11. The summed E-state index contributed by atoms with van der Waals surface area (Å²) in [5, 5.41) is 113. The average Bonchev–Trinajstić information content (AvgIpc) is 3.50. The molecule has 0 radical (unpaired) electrons. The Morgan fingerprint density at radius 1 is 0.627 bits per heavy atom. The molecule has 4 fully saturated rings. The van der Waals surface area contributed by atoms with Gasteiger partial charge in [-0.25, -0.2) is 4.79 Å². The predicted octanol–water partition coefficient (Wildman–Crippen LogP) is -1.91. The topological polar surface area (TPSA) is 321 Å². The summed E-state index contributed by atoms with van der Waals surface area (Å²) in [6.07, 6.45) is -13.4. The van der Waals surface area contributed by atoms with Crippen LogP contribution in [-0.2, 0) is 42.7 Å². The minimum atomic E-state index is -1.85. The van der Waals surface area contributed by atoms with Crippen molar-refractivity contribution in [2.24, 2.45) is 5.92 Å². The van der Waals surface area contributed by atoms with E-state index in [1.807, 2.05) is 0 Å². The fourth-order valence-electron chi connectivity index (χ4n) is 7.87. The van der Waals surface area contributed by atoms with Gasteiger partial charge in [0.15, 0.2) is 18.9 Å². The van der Waals surface area contributed by atoms with Crippen molar-refractivity contribution in [2.45, 2.75) is 195 Å². The van der Waals surface area contributed by atoms with E-state index in [-0.39, 0.29) is 5.57 Å². The van der Waals surface area contributed by atoms with Gasteiger partial charge in [-0.05, 0) is 26.2 Å². The van der Waals surface area contributed by atoms with Crippen LogP contribution < -0.4 is 0 Å². The molecular weight excluding hydrogens is 788 g/mol. The van der Waals surface area contributed by atoms with Crippen molar-refractivity contribution in [3.63, 3.8) is 0 Å². The lowest BCUT2D eigenvalue weighted by molar-refractivity contribution is -0.369. The minimum Gasteiger partial charge on any atom is -0.481 e. The molecule has 0 aromatic rings. The van der Waals surface area contributed by atoms with E-state index in [0.717, 1.165) is 70.6 Å². The molecule has 0 saturated carbocycles. The van der Waals surface area contributed by atoms with E-state index in [0.29, 0.717) is 12.8 Å². The van der Waals surface area contributed by atoms with Gasteiger partial charge in [0.2, 0.25) is 0 Å². The number of carboxylic acids is 1. The summed E-state index contributed by atoms with van der Waals surface area (Å²) in [5.41, 5.74) is 0.0104. The lowest BCUT2D eigenvalue weighted by Crippen LogP contribution is -2.65. The van der Waals surface area contributed by atoms with Gasteiger partial charge < -0.3 is 89.3 Å². The Labute approximate surface area is 343 Å². The molecule has 18 unspecified atom stereocenters. The van der Waals surface area contributed by atoms with Crippen LogP contribution in [0.25, 0.3) is 0 Å². The highest BCUT2D eigenvalue weighted by molar-refractivity contribution is 5.97. The second kappa shape index (κ2) is 24.0. The highest BCUT2D eigenvalue weighted by atomic mass is 16.8. The quantitative estimate of drug-likeness (QED) is 0.0287. The van der Waals surface area contributed by atoms with Gasteiger partial charge in [-0.1, -0.05) is 70.8 Å². The number of rotatable bonds is 24. The molecule has 4 aliphatic rings. The molecule has 59 heavy (non-hydrogen) atoms. The number of carbonyl (C=O) groups excluding carboxylic acids is 1. The summed E-state index contributed by atoms with van der Waals surface area (Å²) in [7, 11) is 0. The SMILES string of the molecule is C=C1C(=O)OC(CCCCCCCCCCCCCC(C)OC2OC(COC3OC(CO)C(O)C(O)C3O)C(O)C(OC3OC(CO)C(O)C(O)C3O)C2O)C1C(=O)O. The Morgan fingerprint density at radius 3 is 1.66 bits per heavy atom. The number of carbonyl (C=O) groups is 2. The van der Waals surface area contributed by atoms with Crippen LogP contribution in [0.15, 0.2) is 12.2 Å². The maximum absolute atomic E-state index is 11.7. The Kier molecular flexibility index (Phi) is 20.2. The Hall–Kier alpha value is -1.96. The molecule has 0 bridgehead atoms. The van der Waals surface area contributed by atoms with Crippen LogP contribution in [0.5, 0.6) is 0 Å². The van der Waals surface area contributed by atoms with Gasteiger partial charge in [0.05, 0.1) is 25.9 Å². The molecule has 20 heteroatoms. The average molecular weight is 855 g/mol. The van der Waals surface area contributed by atoms with Crippen LogP contribution in [0.4, 0.5) is 0 Å². The van der Waals surface area contributed by atoms with Gasteiger partial charge >= 0.3 is 11.9 Å². The summed E-state index contributed by atoms with van der Waals surface area (Å²) < 4.78 is 39.3. The molecule has 11 N–H and O–H groups in total. The van der Waals surface area contributed by atoms with Crippen molar-refractivity contribution in [3.8, 4) is 0 Å². The first-order chi connectivity index (χ1) is 28.1. The van der Waals surface area contributed by atoms with E-state index in [9.17, 15) is 65.8 Å². The summed E-state index contributed by atoms with van der Waals surface area (Å²) in [5.74, 6) is -2.68. The number of esters is 1. The van der Waals surface area contributed by atoms with Gasteiger partial charge in [-0.3, -0.25) is 4.79 Å². The first-order valence-electron chi connectivity index (χ1n) is 20.8. The molecule has 4 aliphatic heterocycles. The highest BCUT2D eigenvalue weighted by Crippen LogP contribution is 2.33. The van der Waals surface area contributed by atoms with E-state index in [1.165, 1.54) is 0 Å². The lowest BCUT2D eigenvalue weighted by atomic mass is 9.93. The largest absolute Gasteiger partial charge is 0.481 e. The van der Waals surface area contributed by atoms with Crippen LogP contribution in [0.3, 0.4) is 0 Å². The summed E-state index contributed by atoms with van der Waals surface area (Å²) in [4.78, 5) is 23.1. The molecular formula is C39H66O20. The Bertz CT molecular complexity index is 1290. The number of cyclic esters (lactones) is 1. The zero-order chi connectivity index (χ0) is 43.4. The van der Waals surface area contributed by atoms with E-state index >= 15 is 0 Å². The first kappa shape index (κ1) is 49.7. The molecule has 20 nitrogen and oxygen atoms in total. The molecule has 342 valence electrons. The predicted molar refractivity (Wildman–Crippen MR) is 200 cm³/mol. The number of hydrogen-bond acceptors (Lipinski definition) is 19. The molecule has 0 aromatic heterocycles. The maximum Gasteiger partial charge on any atom is 0.334 e. The van der Waals surface area contributed by atoms with Crippen LogP contribution in [0.1, 0.15) is 90.4 Å². The molecule has 0 aliphatic carbocycles. The van der Waals surface area contributed by atoms with Gasteiger partial charge in [-0.2, -0.15) is 0 Å². The van der Waals surface area contributed by atoms with Gasteiger partial charge in [-0.15, -0.1) is 0 Å². The number of aliphatic hydroxyl groups is 10. The Morgan fingerprint density at radius 2 is 1.12 bits per heavy atom. The van der Waals surface area contributed by atoms with Crippen molar-refractivity contribution in [3.05, 3.63) is 12.2 Å². The third-order valence-electron chi connectivity index (χ3n) is 11.6. The van der Waals surface area contributed by atoms with Gasteiger partial charge in [0.25, 0.3) is 0 Å².